The van der Waals surface area contributed by atoms with Gasteiger partial charge in [-0.25, -0.2) is 0 Å². The van der Waals surface area contributed by atoms with Crippen molar-refractivity contribution >= 4 is 11.6 Å². The minimum atomic E-state index is 0.392. The fraction of sp³-hybridized carbons (Fsp3) is 0.267. The molecule has 0 saturated carbocycles. The number of nitrogens with zero attached hydrogens (tertiary/aromatic N) is 3. The number of H-pyrrole nitrogens is 1. The van der Waals surface area contributed by atoms with Crippen molar-refractivity contribution in [1.29, 1.82) is 0 Å². The molecule has 1 atom stereocenters. The van der Waals surface area contributed by atoms with Gasteiger partial charge in [0, 0.05) is 23.7 Å². The van der Waals surface area contributed by atoms with Crippen LogP contribution in [0, 0.1) is 0 Å². The molecule has 0 bridgehead atoms. The smallest absolute Gasteiger partial charge is 0.278 e. The zero-order chi connectivity index (χ0) is 14.9. The SMILES string of the molecule is Clc1ccccc1-c1noc(-c2cc(C3CCNC3)[nH]n2)n1. The molecular formula is C15H14ClN5O. The molecule has 2 N–H and O–H groups in total. The first kappa shape index (κ1) is 13.5. The third kappa shape index (κ3) is 2.40. The van der Waals surface area contributed by atoms with Crippen molar-refractivity contribution in [3.05, 3.63) is 41.0 Å². The third-order valence-electron chi connectivity index (χ3n) is 3.86. The molecule has 1 unspecified atom stereocenters. The van der Waals surface area contributed by atoms with Gasteiger partial charge in [0.25, 0.3) is 5.89 Å². The van der Waals surface area contributed by atoms with Gasteiger partial charge in [0.2, 0.25) is 5.82 Å². The number of aromatic nitrogens is 4. The van der Waals surface area contributed by atoms with Crippen LogP contribution < -0.4 is 5.32 Å². The normalized spacial score (nSPS) is 18.0. The fourth-order valence-corrected chi connectivity index (χ4v) is 2.88. The molecular weight excluding hydrogens is 302 g/mol. The lowest BCUT2D eigenvalue weighted by atomic mass is 10.1. The average Bonchev–Trinajstić information content (AvgIpc) is 3.27. The van der Waals surface area contributed by atoms with Gasteiger partial charge in [0.05, 0.1) is 5.02 Å². The van der Waals surface area contributed by atoms with Crippen LogP contribution in [0.25, 0.3) is 23.0 Å². The van der Waals surface area contributed by atoms with Gasteiger partial charge in [-0.15, -0.1) is 0 Å². The van der Waals surface area contributed by atoms with E-state index in [4.69, 9.17) is 16.1 Å². The Morgan fingerprint density at radius 3 is 3.00 bits per heavy atom. The van der Waals surface area contributed by atoms with Gasteiger partial charge in [-0.05, 0) is 31.2 Å². The van der Waals surface area contributed by atoms with Crippen molar-refractivity contribution in [2.75, 3.05) is 13.1 Å². The Balaban J connectivity index is 1.63. The van der Waals surface area contributed by atoms with E-state index in [0.717, 1.165) is 30.8 Å². The van der Waals surface area contributed by atoms with E-state index in [9.17, 15) is 0 Å². The maximum absolute atomic E-state index is 6.15. The van der Waals surface area contributed by atoms with Crippen LogP contribution in [0.3, 0.4) is 0 Å². The molecule has 2 aromatic heterocycles. The summed E-state index contributed by atoms with van der Waals surface area (Å²) in [4.78, 5) is 4.39. The summed E-state index contributed by atoms with van der Waals surface area (Å²) in [7, 11) is 0. The first-order valence-corrected chi connectivity index (χ1v) is 7.54. The summed E-state index contributed by atoms with van der Waals surface area (Å²) in [5.74, 6) is 1.32. The molecule has 3 aromatic rings. The molecule has 6 nitrogen and oxygen atoms in total. The summed E-state index contributed by atoms with van der Waals surface area (Å²) in [6.07, 6.45) is 1.11. The first-order valence-electron chi connectivity index (χ1n) is 7.16. The molecule has 3 heterocycles. The summed E-state index contributed by atoms with van der Waals surface area (Å²) < 4.78 is 5.32. The molecule has 0 spiro atoms. The van der Waals surface area contributed by atoms with E-state index in [1.54, 1.807) is 6.07 Å². The average molecular weight is 316 g/mol. The second kappa shape index (κ2) is 5.55. The number of nitrogens with one attached hydrogen (secondary N) is 2. The molecule has 4 rings (SSSR count). The number of rotatable bonds is 3. The van der Waals surface area contributed by atoms with Crippen molar-refractivity contribution in [2.45, 2.75) is 12.3 Å². The number of aromatic amines is 1. The standard InChI is InChI=1S/C15H14ClN5O/c16-11-4-2-1-3-10(11)14-18-15(22-21-14)13-7-12(19-20-13)9-5-6-17-8-9/h1-4,7,9,17H,5-6,8H2,(H,19,20). The van der Waals surface area contributed by atoms with E-state index in [1.807, 2.05) is 24.3 Å². The molecule has 0 radical (unpaired) electrons. The molecule has 1 saturated heterocycles. The Kier molecular flexibility index (Phi) is 3.40. The number of hydrogen-bond acceptors (Lipinski definition) is 5. The lowest BCUT2D eigenvalue weighted by Gasteiger charge is -2.02. The highest BCUT2D eigenvalue weighted by Gasteiger charge is 2.21. The Morgan fingerprint density at radius 1 is 1.27 bits per heavy atom. The van der Waals surface area contributed by atoms with Gasteiger partial charge < -0.3 is 9.84 Å². The van der Waals surface area contributed by atoms with Gasteiger partial charge >= 0.3 is 0 Å². The van der Waals surface area contributed by atoms with E-state index in [0.29, 0.717) is 28.3 Å². The van der Waals surface area contributed by atoms with Crippen molar-refractivity contribution in [1.82, 2.24) is 25.7 Å². The van der Waals surface area contributed by atoms with Crippen molar-refractivity contribution < 1.29 is 4.52 Å². The minimum absolute atomic E-state index is 0.392. The molecule has 0 aliphatic carbocycles. The molecule has 22 heavy (non-hydrogen) atoms. The molecule has 1 aromatic carbocycles. The highest BCUT2D eigenvalue weighted by Crippen LogP contribution is 2.28. The zero-order valence-corrected chi connectivity index (χ0v) is 12.5. The number of benzene rings is 1. The molecule has 1 aliphatic rings. The summed E-state index contributed by atoms with van der Waals surface area (Å²) >= 11 is 6.15. The van der Waals surface area contributed by atoms with Gasteiger partial charge in [0.15, 0.2) is 5.69 Å². The lowest BCUT2D eigenvalue weighted by Crippen LogP contribution is -2.08. The third-order valence-corrected chi connectivity index (χ3v) is 4.19. The Hall–Kier alpha value is -2.18. The monoisotopic (exact) mass is 315 g/mol. The Labute approximate surface area is 131 Å². The quantitative estimate of drug-likeness (QED) is 0.777. The largest absolute Gasteiger partial charge is 0.332 e. The van der Waals surface area contributed by atoms with Crippen molar-refractivity contribution in [3.63, 3.8) is 0 Å². The summed E-state index contributed by atoms with van der Waals surface area (Å²) in [5, 5.41) is 15.3. The van der Waals surface area contributed by atoms with Crippen molar-refractivity contribution in [3.8, 4) is 23.0 Å². The van der Waals surface area contributed by atoms with Crippen LogP contribution in [0.4, 0.5) is 0 Å². The number of halogens is 1. The van der Waals surface area contributed by atoms with Gasteiger partial charge in [0.1, 0.15) is 0 Å². The van der Waals surface area contributed by atoms with Crippen LogP contribution in [0.2, 0.25) is 5.02 Å². The zero-order valence-electron chi connectivity index (χ0n) is 11.7. The van der Waals surface area contributed by atoms with E-state index < -0.39 is 0 Å². The second-order valence-corrected chi connectivity index (χ2v) is 5.71. The van der Waals surface area contributed by atoms with Crippen LogP contribution in [0.1, 0.15) is 18.0 Å². The van der Waals surface area contributed by atoms with Gasteiger partial charge in [-0.3, -0.25) is 5.10 Å². The van der Waals surface area contributed by atoms with Crippen molar-refractivity contribution in [2.24, 2.45) is 0 Å². The van der Waals surface area contributed by atoms with E-state index in [2.05, 4.69) is 25.7 Å². The maximum Gasteiger partial charge on any atom is 0.278 e. The minimum Gasteiger partial charge on any atom is -0.332 e. The number of hydrogen-bond donors (Lipinski definition) is 2. The Morgan fingerprint density at radius 2 is 2.18 bits per heavy atom. The predicted octanol–water partition coefficient (Wildman–Crippen LogP) is 2.86. The fourth-order valence-electron chi connectivity index (χ4n) is 2.65. The van der Waals surface area contributed by atoms with Crippen LogP contribution in [0.5, 0.6) is 0 Å². The first-order chi connectivity index (χ1) is 10.8. The molecule has 7 heteroatoms. The van der Waals surface area contributed by atoms with E-state index in [1.165, 1.54) is 0 Å². The maximum atomic E-state index is 6.15. The van der Waals surface area contributed by atoms with Gasteiger partial charge in [-0.2, -0.15) is 10.1 Å². The highest BCUT2D eigenvalue weighted by atomic mass is 35.5. The second-order valence-electron chi connectivity index (χ2n) is 5.30. The van der Waals surface area contributed by atoms with E-state index in [-0.39, 0.29) is 0 Å². The van der Waals surface area contributed by atoms with Crippen LogP contribution in [0.15, 0.2) is 34.9 Å². The molecule has 1 aliphatic heterocycles. The lowest BCUT2D eigenvalue weighted by molar-refractivity contribution is 0.431. The predicted molar refractivity (Wildman–Crippen MR) is 82.6 cm³/mol. The van der Waals surface area contributed by atoms with Gasteiger partial charge in [-0.1, -0.05) is 28.9 Å². The molecule has 112 valence electrons. The van der Waals surface area contributed by atoms with E-state index >= 15 is 0 Å². The highest BCUT2D eigenvalue weighted by molar-refractivity contribution is 6.33. The molecule has 1 fully saturated rings. The molecule has 0 amide bonds. The van der Waals surface area contributed by atoms with Crippen LogP contribution >= 0.6 is 11.6 Å². The van der Waals surface area contributed by atoms with Crippen LogP contribution in [-0.2, 0) is 0 Å². The topological polar surface area (TPSA) is 79.6 Å². The Bertz CT molecular complexity index is 791. The summed E-state index contributed by atoms with van der Waals surface area (Å²) in [6.45, 7) is 2.01. The summed E-state index contributed by atoms with van der Waals surface area (Å²) in [6, 6.07) is 9.38. The van der Waals surface area contributed by atoms with Crippen LogP contribution in [-0.4, -0.2) is 33.4 Å². The summed E-state index contributed by atoms with van der Waals surface area (Å²) in [5.41, 5.74) is 2.50.